The van der Waals surface area contributed by atoms with E-state index in [0.29, 0.717) is 18.9 Å². The summed E-state index contributed by atoms with van der Waals surface area (Å²) in [6.07, 6.45) is 2.21. The zero-order chi connectivity index (χ0) is 19.2. The fourth-order valence-corrected chi connectivity index (χ4v) is 3.24. The number of pyridine rings is 1. The highest BCUT2D eigenvalue weighted by Crippen LogP contribution is 2.28. The van der Waals surface area contributed by atoms with Crippen molar-refractivity contribution < 1.29 is 14.5 Å². The van der Waals surface area contributed by atoms with Crippen molar-refractivity contribution in [1.29, 1.82) is 0 Å². The number of nitro groups is 1. The molecule has 142 valence electrons. The third-order valence-corrected chi connectivity index (χ3v) is 4.60. The number of hydrogen-bond donors (Lipinski definition) is 0. The molecular weight excluding hydrogens is 348 g/mol. The highest BCUT2D eigenvalue weighted by atomic mass is 16.6. The number of rotatable bonds is 5. The molecule has 0 aliphatic carbocycles. The summed E-state index contributed by atoms with van der Waals surface area (Å²) in [6, 6.07) is 11.5. The van der Waals surface area contributed by atoms with E-state index >= 15 is 0 Å². The van der Waals surface area contributed by atoms with Gasteiger partial charge in [0.05, 0.1) is 17.6 Å². The summed E-state index contributed by atoms with van der Waals surface area (Å²) in [4.78, 5) is 31.1. The predicted molar refractivity (Wildman–Crippen MR) is 101 cm³/mol. The lowest BCUT2D eigenvalue weighted by atomic mass is 10.2. The van der Waals surface area contributed by atoms with Gasteiger partial charge in [-0.15, -0.1) is 0 Å². The van der Waals surface area contributed by atoms with Crippen LogP contribution in [0.3, 0.4) is 0 Å². The summed E-state index contributed by atoms with van der Waals surface area (Å²) >= 11 is 0. The third kappa shape index (κ3) is 4.59. The number of aromatic nitrogens is 1. The van der Waals surface area contributed by atoms with E-state index < -0.39 is 10.9 Å². The van der Waals surface area contributed by atoms with Crippen LogP contribution in [0.5, 0.6) is 0 Å². The maximum absolute atomic E-state index is 11.6. The minimum Gasteiger partial charge on any atom is -0.465 e. The van der Waals surface area contributed by atoms with Gasteiger partial charge in [0.25, 0.3) is 0 Å². The number of methoxy groups -OCH3 is 1. The van der Waals surface area contributed by atoms with E-state index in [9.17, 15) is 14.9 Å². The Balaban J connectivity index is 1.75. The second-order valence-electron chi connectivity index (χ2n) is 6.42. The Morgan fingerprint density at radius 3 is 2.70 bits per heavy atom. The number of carbonyl (C=O) groups is 1. The number of esters is 1. The SMILES string of the molecule is COC(=O)c1cnc(N2CCCN(Cc3ccccc3)CC2)c([N+](=O)[O-])c1. The Labute approximate surface area is 157 Å². The number of carbonyl (C=O) groups excluding carboxylic acids is 1. The van der Waals surface area contributed by atoms with E-state index in [1.54, 1.807) is 0 Å². The largest absolute Gasteiger partial charge is 0.465 e. The van der Waals surface area contributed by atoms with Crippen LogP contribution in [0.15, 0.2) is 42.6 Å². The third-order valence-electron chi connectivity index (χ3n) is 4.60. The summed E-state index contributed by atoms with van der Waals surface area (Å²) in [6.45, 7) is 3.87. The molecule has 0 radical (unpaired) electrons. The highest BCUT2D eigenvalue weighted by Gasteiger charge is 2.25. The first-order valence-electron chi connectivity index (χ1n) is 8.82. The van der Waals surface area contributed by atoms with Gasteiger partial charge in [-0.2, -0.15) is 0 Å². The molecule has 0 saturated carbocycles. The number of benzene rings is 1. The first-order chi connectivity index (χ1) is 13.1. The fourth-order valence-electron chi connectivity index (χ4n) is 3.24. The molecule has 2 aromatic rings. The van der Waals surface area contributed by atoms with Crippen molar-refractivity contribution >= 4 is 17.5 Å². The van der Waals surface area contributed by atoms with Gasteiger partial charge in [-0.3, -0.25) is 15.0 Å². The van der Waals surface area contributed by atoms with Crippen LogP contribution in [-0.2, 0) is 11.3 Å². The normalized spacial score (nSPS) is 15.2. The predicted octanol–water partition coefficient (Wildman–Crippen LogP) is 2.49. The van der Waals surface area contributed by atoms with Gasteiger partial charge in [0.15, 0.2) is 0 Å². The molecule has 1 aromatic carbocycles. The summed E-state index contributed by atoms with van der Waals surface area (Å²) in [5.74, 6) is -0.337. The molecule has 0 spiro atoms. The van der Waals surface area contributed by atoms with Gasteiger partial charge in [-0.05, 0) is 12.0 Å². The lowest BCUT2D eigenvalue weighted by molar-refractivity contribution is -0.384. The molecule has 1 fully saturated rings. The lowest BCUT2D eigenvalue weighted by Gasteiger charge is -2.22. The van der Waals surface area contributed by atoms with E-state index in [4.69, 9.17) is 0 Å². The van der Waals surface area contributed by atoms with E-state index in [-0.39, 0.29) is 11.3 Å². The second kappa shape index (κ2) is 8.59. The van der Waals surface area contributed by atoms with Crippen LogP contribution in [-0.4, -0.2) is 54.1 Å². The maximum Gasteiger partial charge on any atom is 0.339 e. The van der Waals surface area contributed by atoms with E-state index in [0.717, 1.165) is 26.1 Å². The first kappa shape index (κ1) is 18.8. The van der Waals surface area contributed by atoms with Crippen LogP contribution in [0.4, 0.5) is 11.5 Å². The molecule has 8 nitrogen and oxygen atoms in total. The van der Waals surface area contributed by atoms with E-state index in [2.05, 4.69) is 26.8 Å². The second-order valence-corrected chi connectivity index (χ2v) is 6.42. The first-order valence-corrected chi connectivity index (χ1v) is 8.82. The molecular formula is C19H22N4O4. The summed E-state index contributed by atoms with van der Waals surface area (Å²) in [7, 11) is 1.23. The molecule has 8 heteroatoms. The van der Waals surface area contributed by atoms with Gasteiger partial charge in [0.1, 0.15) is 0 Å². The van der Waals surface area contributed by atoms with Crippen molar-refractivity contribution in [3.05, 3.63) is 63.8 Å². The molecule has 0 amide bonds. The molecule has 1 aliphatic heterocycles. The van der Waals surface area contributed by atoms with Crippen LogP contribution >= 0.6 is 0 Å². The lowest BCUT2D eigenvalue weighted by Crippen LogP contribution is -2.31. The van der Waals surface area contributed by atoms with E-state index in [1.165, 1.54) is 24.9 Å². The van der Waals surface area contributed by atoms with E-state index in [1.807, 2.05) is 23.1 Å². The molecule has 1 saturated heterocycles. The summed E-state index contributed by atoms with van der Waals surface area (Å²) < 4.78 is 4.63. The fraction of sp³-hybridized carbons (Fsp3) is 0.368. The zero-order valence-corrected chi connectivity index (χ0v) is 15.2. The molecule has 0 atom stereocenters. The van der Waals surface area contributed by atoms with Crippen molar-refractivity contribution in [3.63, 3.8) is 0 Å². The Morgan fingerprint density at radius 2 is 2.00 bits per heavy atom. The number of hydrogen-bond acceptors (Lipinski definition) is 7. The number of nitrogens with zero attached hydrogens (tertiary/aromatic N) is 4. The Bertz CT molecular complexity index is 813. The Kier molecular flexibility index (Phi) is 5.97. The molecule has 3 rings (SSSR count). The molecule has 2 heterocycles. The van der Waals surface area contributed by atoms with Gasteiger partial charge in [-0.1, -0.05) is 30.3 Å². The van der Waals surface area contributed by atoms with Crippen LogP contribution in [0.2, 0.25) is 0 Å². The topological polar surface area (TPSA) is 88.8 Å². The molecule has 0 unspecified atom stereocenters. The highest BCUT2D eigenvalue weighted by molar-refractivity contribution is 5.90. The molecule has 1 aliphatic rings. The minimum absolute atomic E-state index is 0.0773. The average molecular weight is 370 g/mol. The van der Waals surface area contributed by atoms with Gasteiger partial charge < -0.3 is 9.64 Å². The molecule has 27 heavy (non-hydrogen) atoms. The minimum atomic E-state index is -0.637. The van der Waals surface area contributed by atoms with Crippen LogP contribution in [0.25, 0.3) is 0 Å². The smallest absolute Gasteiger partial charge is 0.339 e. The molecule has 0 bridgehead atoms. The van der Waals surface area contributed by atoms with Crippen molar-refractivity contribution in [1.82, 2.24) is 9.88 Å². The van der Waals surface area contributed by atoms with Gasteiger partial charge in [0, 0.05) is 45.0 Å². The van der Waals surface area contributed by atoms with Crippen molar-refractivity contribution in [2.45, 2.75) is 13.0 Å². The van der Waals surface area contributed by atoms with Gasteiger partial charge in [-0.25, -0.2) is 9.78 Å². The average Bonchev–Trinajstić information content (AvgIpc) is 2.93. The monoisotopic (exact) mass is 370 g/mol. The van der Waals surface area contributed by atoms with Gasteiger partial charge in [0.2, 0.25) is 5.82 Å². The number of ether oxygens (including phenoxy) is 1. The Morgan fingerprint density at radius 1 is 1.22 bits per heavy atom. The van der Waals surface area contributed by atoms with Crippen LogP contribution < -0.4 is 4.90 Å². The van der Waals surface area contributed by atoms with Crippen molar-refractivity contribution in [2.75, 3.05) is 38.2 Å². The maximum atomic E-state index is 11.6. The van der Waals surface area contributed by atoms with Crippen LogP contribution in [0.1, 0.15) is 22.3 Å². The summed E-state index contributed by atoms with van der Waals surface area (Å²) in [5, 5.41) is 11.5. The van der Waals surface area contributed by atoms with Crippen molar-refractivity contribution in [2.24, 2.45) is 0 Å². The van der Waals surface area contributed by atoms with Gasteiger partial charge >= 0.3 is 11.7 Å². The molecule has 0 N–H and O–H groups in total. The molecule has 1 aromatic heterocycles. The Hall–Kier alpha value is -3.00. The van der Waals surface area contributed by atoms with Crippen molar-refractivity contribution in [3.8, 4) is 0 Å². The summed E-state index contributed by atoms with van der Waals surface area (Å²) in [5.41, 5.74) is 1.15. The van der Waals surface area contributed by atoms with Crippen LogP contribution in [0, 0.1) is 10.1 Å². The standard InChI is InChI=1S/C19H22N4O4/c1-27-19(24)16-12-17(23(25)26)18(20-13-16)22-9-5-8-21(10-11-22)14-15-6-3-2-4-7-15/h2-4,6-7,12-13H,5,8-11,14H2,1H3. The quantitative estimate of drug-likeness (QED) is 0.454. The number of anilines is 1. The zero-order valence-electron chi connectivity index (χ0n) is 15.2.